The molecule has 22 heavy (non-hydrogen) atoms. The van der Waals surface area contributed by atoms with Crippen molar-refractivity contribution < 1.29 is 4.92 Å². The quantitative estimate of drug-likeness (QED) is 0.591. The average molecular weight is 297 g/mol. The number of nitro benzene ring substituents is 1. The summed E-state index contributed by atoms with van der Waals surface area (Å²) in [5.74, 6) is 0. The van der Waals surface area contributed by atoms with Crippen LogP contribution >= 0.6 is 0 Å². The third-order valence-corrected chi connectivity index (χ3v) is 6.79. The highest BCUT2D eigenvalue weighted by atomic mass is 16.6. The van der Waals surface area contributed by atoms with E-state index in [0.717, 1.165) is 29.7 Å². The lowest BCUT2D eigenvalue weighted by molar-refractivity contribution is -0.384. The zero-order valence-electron chi connectivity index (χ0n) is 13.3. The first-order valence-electron chi connectivity index (χ1n) is 7.68. The van der Waals surface area contributed by atoms with Crippen LogP contribution in [0.4, 0.5) is 5.69 Å². The number of aromatic nitrogens is 2. The molecule has 0 N–H and O–H groups in total. The van der Waals surface area contributed by atoms with E-state index in [-0.39, 0.29) is 26.9 Å². The first kappa shape index (κ1) is 13.6. The van der Waals surface area contributed by atoms with Gasteiger partial charge in [-0.3, -0.25) is 10.1 Å². The molecule has 2 aliphatic carbocycles. The molecule has 4 rings (SSSR count). The molecule has 114 valence electrons. The minimum Gasteiger partial charge on any atom is -0.258 e. The van der Waals surface area contributed by atoms with Crippen molar-refractivity contribution in [3.05, 3.63) is 39.7 Å². The Balaban J connectivity index is 2.04. The molecule has 2 aromatic rings. The number of fused-ring (bicyclic) bond motifs is 6. The van der Waals surface area contributed by atoms with Crippen LogP contribution in [0.25, 0.3) is 11.0 Å². The summed E-state index contributed by atoms with van der Waals surface area (Å²) in [5.41, 5.74) is 3.68. The fraction of sp³-hybridized carbons (Fsp3) is 0.529. The van der Waals surface area contributed by atoms with Crippen LogP contribution in [0, 0.1) is 15.5 Å². The highest BCUT2D eigenvalue weighted by molar-refractivity contribution is 5.78. The number of benzene rings is 1. The Morgan fingerprint density at radius 2 is 1.55 bits per heavy atom. The smallest absolute Gasteiger partial charge is 0.258 e. The van der Waals surface area contributed by atoms with E-state index >= 15 is 0 Å². The van der Waals surface area contributed by atoms with Gasteiger partial charge in [0.15, 0.2) is 0 Å². The maximum Gasteiger partial charge on any atom is 0.271 e. The Labute approximate surface area is 128 Å². The van der Waals surface area contributed by atoms with E-state index in [1.807, 2.05) is 0 Å². The third kappa shape index (κ3) is 1.26. The van der Waals surface area contributed by atoms with Crippen LogP contribution in [-0.4, -0.2) is 14.9 Å². The summed E-state index contributed by atoms with van der Waals surface area (Å²) < 4.78 is 0. The van der Waals surface area contributed by atoms with Crippen molar-refractivity contribution in [3.8, 4) is 0 Å². The van der Waals surface area contributed by atoms with E-state index in [9.17, 15) is 10.1 Å². The molecule has 0 amide bonds. The van der Waals surface area contributed by atoms with Gasteiger partial charge in [0, 0.05) is 23.0 Å². The minimum absolute atomic E-state index is 0.0110. The predicted molar refractivity (Wildman–Crippen MR) is 83.9 cm³/mol. The molecule has 5 nitrogen and oxygen atoms in total. The first-order valence-corrected chi connectivity index (χ1v) is 7.68. The van der Waals surface area contributed by atoms with Crippen LogP contribution in [0.2, 0.25) is 0 Å². The predicted octanol–water partition coefficient (Wildman–Crippen LogP) is 3.89. The summed E-state index contributed by atoms with van der Waals surface area (Å²) >= 11 is 0. The van der Waals surface area contributed by atoms with Gasteiger partial charge in [-0.1, -0.05) is 27.7 Å². The number of hydrogen-bond donors (Lipinski definition) is 0. The van der Waals surface area contributed by atoms with E-state index in [4.69, 9.17) is 9.97 Å². The van der Waals surface area contributed by atoms with Crippen molar-refractivity contribution in [1.29, 1.82) is 0 Å². The SMILES string of the molecule is CC1(C)[C@@]2(C)CC[C@]1(C)c1nc3cc([N+](=O)[O-])ccc3nc12. The van der Waals surface area contributed by atoms with E-state index < -0.39 is 0 Å². The molecule has 1 aromatic heterocycles. The van der Waals surface area contributed by atoms with E-state index in [1.54, 1.807) is 6.07 Å². The Morgan fingerprint density at radius 3 is 2.09 bits per heavy atom. The second-order valence-corrected chi connectivity index (χ2v) is 7.64. The Morgan fingerprint density at radius 1 is 1.00 bits per heavy atom. The number of non-ortho nitro benzene ring substituents is 1. The van der Waals surface area contributed by atoms with Crippen molar-refractivity contribution in [2.24, 2.45) is 5.41 Å². The summed E-state index contributed by atoms with van der Waals surface area (Å²) in [6.07, 6.45) is 2.22. The lowest BCUT2D eigenvalue weighted by atomic mass is 9.65. The summed E-state index contributed by atoms with van der Waals surface area (Å²) in [5, 5.41) is 11.0. The third-order valence-electron chi connectivity index (χ3n) is 6.79. The zero-order valence-corrected chi connectivity index (χ0v) is 13.3. The maximum absolute atomic E-state index is 11.0. The first-order chi connectivity index (χ1) is 10.2. The largest absolute Gasteiger partial charge is 0.271 e. The molecule has 1 saturated carbocycles. The van der Waals surface area contributed by atoms with E-state index in [2.05, 4.69) is 27.7 Å². The number of rotatable bonds is 1. The zero-order chi connectivity index (χ0) is 15.9. The molecule has 1 aromatic carbocycles. The van der Waals surface area contributed by atoms with E-state index in [1.165, 1.54) is 12.1 Å². The normalized spacial score (nSPS) is 31.5. The van der Waals surface area contributed by atoms with Crippen molar-refractivity contribution in [2.75, 3.05) is 0 Å². The second kappa shape index (κ2) is 3.65. The molecule has 1 heterocycles. The van der Waals surface area contributed by atoms with Gasteiger partial charge in [-0.05, 0) is 24.3 Å². The minimum atomic E-state index is -0.381. The standard InChI is InChI=1S/C17H19N3O2/c1-15(2)16(3)7-8-17(15,4)14-13(16)18-11-6-5-10(20(21)22)9-12(11)19-14/h5-6,9H,7-8H2,1-4H3/t16-,17+/m0/s1. The average Bonchev–Trinajstić information content (AvgIpc) is 2.73. The molecule has 0 radical (unpaired) electrons. The van der Waals surface area contributed by atoms with Crippen molar-refractivity contribution in [2.45, 2.75) is 51.4 Å². The van der Waals surface area contributed by atoms with Gasteiger partial charge in [0.25, 0.3) is 5.69 Å². The van der Waals surface area contributed by atoms with Crippen LogP contribution in [0.15, 0.2) is 18.2 Å². The highest BCUT2D eigenvalue weighted by Gasteiger charge is 2.67. The van der Waals surface area contributed by atoms with Crippen molar-refractivity contribution in [1.82, 2.24) is 9.97 Å². The summed E-state index contributed by atoms with van der Waals surface area (Å²) in [6.45, 7) is 9.16. The lowest BCUT2D eigenvalue weighted by Gasteiger charge is -2.38. The Bertz CT molecular complexity index is 845. The van der Waals surface area contributed by atoms with Gasteiger partial charge in [0.05, 0.1) is 27.3 Å². The molecule has 0 aliphatic heterocycles. The van der Waals surface area contributed by atoms with Gasteiger partial charge in [-0.25, -0.2) is 9.97 Å². The van der Waals surface area contributed by atoms with E-state index in [0.29, 0.717) is 5.52 Å². The molecule has 0 unspecified atom stereocenters. The van der Waals surface area contributed by atoms with Crippen molar-refractivity contribution in [3.63, 3.8) is 0 Å². The van der Waals surface area contributed by atoms with Gasteiger partial charge in [-0.2, -0.15) is 0 Å². The van der Waals surface area contributed by atoms with Crippen LogP contribution in [0.3, 0.4) is 0 Å². The van der Waals surface area contributed by atoms with Crippen LogP contribution in [0.5, 0.6) is 0 Å². The summed E-state index contributed by atoms with van der Waals surface area (Å²) in [6, 6.07) is 4.75. The number of nitrogens with zero attached hydrogens (tertiary/aromatic N) is 3. The van der Waals surface area contributed by atoms with Crippen LogP contribution in [0.1, 0.15) is 51.9 Å². The lowest BCUT2D eigenvalue weighted by Crippen LogP contribution is -2.38. The molecule has 5 heteroatoms. The fourth-order valence-corrected chi connectivity index (χ4v) is 4.49. The number of nitro groups is 1. The maximum atomic E-state index is 11.0. The van der Waals surface area contributed by atoms with Gasteiger partial charge in [-0.15, -0.1) is 0 Å². The van der Waals surface area contributed by atoms with Crippen LogP contribution < -0.4 is 0 Å². The topological polar surface area (TPSA) is 68.9 Å². The molecular formula is C17H19N3O2. The molecule has 2 bridgehead atoms. The molecule has 0 spiro atoms. The molecule has 0 saturated heterocycles. The summed E-state index contributed by atoms with van der Waals surface area (Å²) in [4.78, 5) is 20.3. The highest BCUT2D eigenvalue weighted by Crippen LogP contribution is 2.69. The van der Waals surface area contributed by atoms with Gasteiger partial charge >= 0.3 is 0 Å². The van der Waals surface area contributed by atoms with Gasteiger partial charge < -0.3 is 0 Å². The Kier molecular flexibility index (Phi) is 2.26. The fourth-order valence-electron chi connectivity index (χ4n) is 4.49. The second-order valence-electron chi connectivity index (χ2n) is 7.64. The molecular weight excluding hydrogens is 278 g/mol. The summed E-state index contributed by atoms with van der Waals surface area (Å²) in [7, 11) is 0. The Hall–Kier alpha value is -2.04. The van der Waals surface area contributed by atoms with Crippen LogP contribution in [-0.2, 0) is 10.8 Å². The van der Waals surface area contributed by atoms with Crippen molar-refractivity contribution >= 4 is 16.7 Å². The van der Waals surface area contributed by atoms with Gasteiger partial charge in [0.2, 0.25) is 0 Å². The number of hydrogen-bond acceptors (Lipinski definition) is 4. The molecule has 2 atom stereocenters. The molecule has 2 aliphatic rings. The molecule has 1 fully saturated rings. The monoisotopic (exact) mass is 297 g/mol. The van der Waals surface area contributed by atoms with Gasteiger partial charge in [0.1, 0.15) is 0 Å².